The van der Waals surface area contributed by atoms with Crippen LogP contribution in [0.15, 0.2) is 36.5 Å². The van der Waals surface area contributed by atoms with E-state index in [0.717, 1.165) is 42.8 Å². The Kier molecular flexibility index (Phi) is 4.85. The molecule has 0 saturated heterocycles. The number of ether oxygens (including phenoxy) is 1. The predicted octanol–water partition coefficient (Wildman–Crippen LogP) is 4.09. The SMILES string of the molecule is COc1nccc(-c2[nH]c(C3CCC(C)(O)CC3)nc2-c2ccc(F)cc2)n1. The molecule has 1 aliphatic rings. The van der Waals surface area contributed by atoms with Crippen LogP contribution in [-0.4, -0.2) is 37.8 Å². The molecule has 28 heavy (non-hydrogen) atoms. The van der Waals surface area contributed by atoms with Crippen LogP contribution in [0.25, 0.3) is 22.6 Å². The number of aromatic amines is 1. The summed E-state index contributed by atoms with van der Waals surface area (Å²) < 4.78 is 18.6. The van der Waals surface area contributed by atoms with E-state index in [1.54, 1.807) is 24.4 Å². The standard InChI is InChI=1S/C21H23FN4O2/c1-21(27)10-7-14(8-11-21)19-25-17(13-3-5-15(22)6-4-13)18(26-19)16-9-12-23-20(24-16)28-2/h3-6,9,12,14,27H,7-8,10-11H2,1-2H3,(H,25,26). The van der Waals surface area contributed by atoms with Crippen LogP contribution in [-0.2, 0) is 0 Å². The highest BCUT2D eigenvalue weighted by atomic mass is 19.1. The van der Waals surface area contributed by atoms with Gasteiger partial charge in [0.15, 0.2) is 0 Å². The van der Waals surface area contributed by atoms with Crippen LogP contribution >= 0.6 is 0 Å². The van der Waals surface area contributed by atoms with Crippen molar-refractivity contribution >= 4 is 0 Å². The van der Waals surface area contributed by atoms with Crippen molar-refractivity contribution in [1.82, 2.24) is 19.9 Å². The van der Waals surface area contributed by atoms with Gasteiger partial charge >= 0.3 is 6.01 Å². The first-order valence-corrected chi connectivity index (χ1v) is 9.41. The molecule has 0 radical (unpaired) electrons. The number of aromatic nitrogens is 4. The molecule has 0 atom stereocenters. The number of benzene rings is 1. The van der Waals surface area contributed by atoms with E-state index in [-0.39, 0.29) is 17.7 Å². The topological polar surface area (TPSA) is 83.9 Å². The van der Waals surface area contributed by atoms with Crippen LogP contribution in [0, 0.1) is 5.82 Å². The molecule has 2 N–H and O–H groups in total. The monoisotopic (exact) mass is 382 g/mol. The van der Waals surface area contributed by atoms with Crippen molar-refractivity contribution in [3.63, 3.8) is 0 Å². The van der Waals surface area contributed by atoms with Gasteiger partial charge in [0.1, 0.15) is 11.6 Å². The van der Waals surface area contributed by atoms with Crippen molar-refractivity contribution in [2.75, 3.05) is 7.11 Å². The van der Waals surface area contributed by atoms with Gasteiger partial charge in [-0.2, -0.15) is 4.98 Å². The van der Waals surface area contributed by atoms with Crippen LogP contribution in [0.5, 0.6) is 6.01 Å². The largest absolute Gasteiger partial charge is 0.467 e. The van der Waals surface area contributed by atoms with Crippen LogP contribution < -0.4 is 4.74 Å². The van der Waals surface area contributed by atoms with E-state index < -0.39 is 5.60 Å². The number of hydrogen-bond donors (Lipinski definition) is 2. The van der Waals surface area contributed by atoms with Gasteiger partial charge < -0.3 is 14.8 Å². The highest BCUT2D eigenvalue weighted by molar-refractivity contribution is 5.76. The minimum atomic E-state index is -0.605. The fraction of sp³-hybridized carbons (Fsp3) is 0.381. The van der Waals surface area contributed by atoms with Gasteiger partial charge in [-0.05, 0) is 62.9 Å². The van der Waals surface area contributed by atoms with Crippen molar-refractivity contribution < 1.29 is 14.2 Å². The molecule has 2 aromatic heterocycles. The van der Waals surface area contributed by atoms with E-state index in [1.165, 1.54) is 19.2 Å². The molecule has 0 amide bonds. The summed E-state index contributed by atoms with van der Waals surface area (Å²) in [6.07, 6.45) is 4.82. The number of aliphatic hydroxyl groups is 1. The van der Waals surface area contributed by atoms with Gasteiger partial charge in [-0.15, -0.1) is 0 Å². The fourth-order valence-corrected chi connectivity index (χ4v) is 3.68. The molecule has 0 spiro atoms. The van der Waals surface area contributed by atoms with Gasteiger partial charge in [-0.1, -0.05) is 0 Å². The average Bonchev–Trinajstić information content (AvgIpc) is 3.14. The van der Waals surface area contributed by atoms with Gasteiger partial charge in [0.25, 0.3) is 0 Å². The maximum absolute atomic E-state index is 13.4. The van der Waals surface area contributed by atoms with Crippen LogP contribution in [0.4, 0.5) is 4.39 Å². The number of halogens is 1. The minimum absolute atomic E-state index is 0.233. The van der Waals surface area contributed by atoms with E-state index >= 15 is 0 Å². The van der Waals surface area contributed by atoms with E-state index in [1.807, 2.05) is 6.92 Å². The Labute approximate surface area is 162 Å². The van der Waals surface area contributed by atoms with Gasteiger partial charge in [0.2, 0.25) is 0 Å². The van der Waals surface area contributed by atoms with Gasteiger partial charge in [0.05, 0.1) is 29.8 Å². The van der Waals surface area contributed by atoms with Crippen molar-refractivity contribution in [1.29, 1.82) is 0 Å². The fourth-order valence-electron chi connectivity index (χ4n) is 3.68. The lowest BCUT2D eigenvalue weighted by molar-refractivity contribution is 0.0165. The maximum Gasteiger partial charge on any atom is 0.316 e. The molecule has 0 unspecified atom stereocenters. The first kappa shape index (κ1) is 18.6. The number of hydrogen-bond acceptors (Lipinski definition) is 5. The molecule has 1 saturated carbocycles. The maximum atomic E-state index is 13.4. The Morgan fingerprint density at radius 3 is 2.54 bits per heavy atom. The van der Waals surface area contributed by atoms with Crippen molar-refractivity contribution in [3.8, 4) is 28.7 Å². The van der Waals surface area contributed by atoms with E-state index in [9.17, 15) is 9.50 Å². The Morgan fingerprint density at radius 1 is 1.14 bits per heavy atom. The van der Waals surface area contributed by atoms with Gasteiger partial charge in [-0.25, -0.2) is 14.4 Å². The molecule has 0 bridgehead atoms. The summed E-state index contributed by atoms with van der Waals surface area (Å²) in [5.74, 6) is 0.804. The summed E-state index contributed by atoms with van der Waals surface area (Å²) in [4.78, 5) is 16.8. The summed E-state index contributed by atoms with van der Waals surface area (Å²) >= 11 is 0. The van der Waals surface area contributed by atoms with E-state index in [2.05, 4.69) is 15.0 Å². The van der Waals surface area contributed by atoms with Crippen LogP contribution in [0.2, 0.25) is 0 Å². The molecule has 6 nitrogen and oxygen atoms in total. The van der Waals surface area contributed by atoms with Crippen molar-refractivity contribution in [2.45, 2.75) is 44.1 Å². The molecule has 3 aromatic rings. The summed E-state index contributed by atoms with van der Waals surface area (Å²) in [5, 5.41) is 10.2. The normalized spacial score (nSPS) is 22.2. The first-order valence-electron chi connectivity index (χ1n) is 9.41. The molecule has 146 valence electrons. The number of imidazole rings is 1. The zero-order valence-corrected chi connectivity index (χ0v) is 15.9. The number of H-pyrrole nitrogens is 1. The first-order chi connectivity index (χ1) is 13.4. The molecule has 1 aromatic carbocycles. The van der Waals surface area contributed by atoms with E-state index in [4.69, 9.17) is 9.72 Å². The van der Waals surface area contributed by atoms with Crippen LogP contribution in [0.1, 0.15) is 44.3 Å². The third-order valence-corrected chi connectivity index (χ3v) is 5.36. The van der Waals surface area contributed by atoms with E-state index in [0.29, 0.717) is 11.4 Å². The third-order valence-electron chi connectivity index (χ3n) is 5.36. The number of methoxy groups -OCH3 is 1. The predicted molar refractivity (Wildman–Crippen MR) is 103 cm³/mol. The van der Waals surface area contributed by atoms with Gasteiger partial charge in [0, 0.05) is 17.7 Å². The molecule has 2 heterocycles. The molecular formula is C21H23FN4O2. The average molecular weight is 382 g/mol. The Hall–Kier alpha value is -2.80. The van der Waals surface area contributed by atoms with Gasteiger partial charge in [-0.3, -0.25) is 0 Å². The highest BCUT2D eigenvalue weighted by Gasteiger charge is 2.31. The number of nitrogens with zero attached hydrogens (tertiary/aromatic N) is 3. The lowest BCUT2D eigenvalue weighted by atomic mass is 9.80. The second kappa shape index (κ2) is 7.31. The minimum Gasteiger partial charge on any atom is -0.467 e. The van der Waals surface area contributed by atoms with Crippen molar-refractivity contribution in [2.24, 2.45) is 0 Å². The molecule has 4 rings (SSSR count). The van der Waals surface area contributed by atoms with Crippen molar-refractivity contribution in [3.05, 3.63) is 48.2 Å². The molecule has 7 heteroatoms. The molecule has 1 aliphatic carbocycles. The quantitative estimate of drug-likeness (QED) is 0.710. The highest BCUT2D eigenvalue weighted by Crippen LogP contribution is 2.39. The number of rotatable bonds is 4. The zero-order valence-electron chi connectivity index (χ0n) is 15.9. The summed E-state index contributed by atoms with van der Waals surface area (Å²) in [5.41, 5.74) is 2.32. The second-order valence-electron chi connectivity index (χ2n) is 7.55. The zero-order chi connectivity index (χ0) is 19.7. The molecule has 1 fully saturated rings. The smallest absolute Gasteiger partial charge is 0.316 e. The molecule has 0 aliphatic heterocycles. The lowest BCUT2D eigenvalue weighted by Crippen LogP contribution is -2.29. The lowest BCUT2D eigenvalue weighted by Gasteiger charge is -2.32. The summed E-state index contributed by atoms with van der Waals surface area (Å²) in [6.45, 7) is 1.88. The third kappa shape index (κ3) is 3.75. The number of nitrogens with one attached hydrogen (secondary N) is 1. The molecular weight excluding hydrogens is 359 g/mol. The summed E-state index contributed by atoms with van der Waals surface area (Å²) in [7, 11) is 1.52. The Balaban J connectivity index is 1.76. The second-order valence-corrected chi connectivity index (χ2v) is 7.55. The van der Waals surface area contributed by atoms with Crippen LogP contribution in [0.3, 0.4) is 0 Å². The Morgan fingerprint density at radius 2 is 1.86 bits per heavy atom. The summed E-state index contributed by atoms with van der Waals surface area (Å²) in [6, 6.07) is 8.33. The Bertz CT molecular complexity index is 959.